The molecule has 4 unspecified atom stereocenters. The molecule has 168 valence electrons. The number of pyridine rings is 1. The van der Waals surface area contributed by atoms with Crippen LogP contribution in [0.25, 0.3) is 0 Å². The van der Waals surface area contributed by atoms with Crippen LogP contribution in [0.4, 0.5) is 11.4 Å². The zero-order valence-corrected chi connectivity index (χ0v) is 17.1. The summed E-state index contributed by atoms with van der Waals surface area (Å²) >= 11 is 0. The molecule has 10 heteroatoms. The minimum atomic E-state index is -1.38. The number of benzene rings is 1. The van der Waals surface area contributed by atoms with E-state index in [1.54, 1.807) is 18.3 Å². The fraction of sp³-hybridized carbons (Fsp3) is 0.318. The smallest absolute Gasteiger partial charge is 0.333 e. The molecule has 0 amide bonds. The van der Waals surface area contributed by atoms with Gasteiger partial charge in [0.1, 0.15) is 12.2 Å². The van der Waals surface area contributed by atoms with Crippen LogP contribution in [0.1, 0.15) is 18.3 Å². The Morgan fingerprint density at radius 3 is 2.56 bits per heavy atom. The summed E-state index contributed by atoms with van der Waals surface area (Å²) in [5, 5.41) is 32.8. The first-order valence-electron chi connectivity index (χ1n) is 10.2. The van der Waals surface area contributed by atoms with E-state index >= 15 is 0 Å². The van der Waals surface area contributed by atoms with Gasteiger partial charge in [-0.2, -0.15) is 0 Å². The lowest BCUT2D eigenvalue weighted by molar-refractivity contribution is -0.0458. The van der Waals surface area contributed by atoms with Crippen molar-refractivity contribution in [2.75, 3.05) is 11.9 Å². The maximum absolute atomic E-state index is 13.0. The highest BCUT2D eigenvalue weighted by Crippen LogP contribution is 2.29. The van der Waals surface area contributed by atoms with Crippen LogP contribution >= 0.6 is 0 Å². The molecule has 1 saturated heterocycles. The molecule has 3 heterocycles. The SMILES string of the molecule is O=c1ccn(C2OC(CCO)C(O)C2O)c(=O)n1Cc1cc(Nc2ccccc2)ccn1. The number of aliphatic hydroxyl groups is 3. The van der Waals surface area contributed by atoms with Gasteiger partial charge in [-0.3, -0.25) is 18.9 Å². The van der Waals surface area contributed by atoms with Crippen LogP contribution in [0.3, 0.4) is 0 Å². The predicted octanol–water partition coefficient (Wildman–Crippen LogP) is 0.198. The molecule has 32 heavy (non-hydrogen) atoms. The number of anilines is 2. The van der Waals surface area contributed by atoms with Crippen LogP contribution in [-0.4, -0.2) is 54.4 Å². The summed E-state index contributed by atoms with van der Waals surface area (Å²) in [6, 6.07) is 14.2. The molecule has 4 atom stereocenters. The Labute approximate surface area is 183 Å². The van der Waals surface area contributed by atoms with Gasteiger partial charge in [0.15, 0.2) is 6.23 Å². The number of nitrogens with one attached hydrogen (secondary N) is 1. The molecule has 2 aromatic heterocycles. The topological polar surface area (TPSA) is 139 Å². The van der Waals surface area contributed by atoms with Gasteiger partial charge in [-0.15, -0.1) is 0 Å². The van der Waals surface area contributed by atoms with Crippen molar-refractivity contribution in [3.63, 3.8) is 0 Å². The fourth-order valence-electron chi connectivity index (χ4n) is 3.69. The maximum Gasteiger partial charge on any atom is 0.333 e. The van der Waals surface area contributed by atoms with E-state index in [-0.39, 0.29) is 19.6 Å². The van der Waals surface area contributed by atoms with Gasteiger partial charge in [0.05, 0.1) is 18.3 Å². The quantitative estimate of drug-likeness (QED) is 0.409. The Morgan fingerprint density at radius 2 is 1.81 bits per heavy atom. The van der Waals surface area contributed by atoms with Gasteiger partial charge >= 0.3 is 5.69 Å². The second-order valence-corrected chi connectivity index (χ2v) is 7.52. The highest BCUT2D eigenvalue weighted by molar-refractivity contribution is 5.59. The number of aliphatic hydroxyl groups excluding tert-OH is 3. The van der Waals surface area contributed by atoms with Gasteiger partial charge in [-0.05, 0) is 30.7 Å². The number of aromatic nitrogens is 3. The number of ether oxygens (including phenoxy) is 1. The maximum atomic E-state index is 13.0. The summed E-state index contributed by atoms with van der Waals surface area (Å²) in [5.41, 5.74) is 0.868. The molecule has 4 rings (SSSR count). The zero-order valence-electron chi connectivity index (χ0n) is 17.1. The van der Waals surface area contributed by atoms with Crippen LogP contribution < -0.4 is 16.6 Å². The highest BCUT2D eigenvalue weighted by atomic mass is 16.6. The molecule has 0 aliphatic carbocycles. The average molecular weight is 440 g/mol. The summed E-state index contributed by atoms with van der Waals surface area (Å²) in [4.78, 5) is 29.7. The predicted molar refractivity (Wildman–Crippen MR) is 116 cm³/mol. The molecule has 0 radical (unpaired) electrons. The molecule has 1 aliphatic rings. The molecule has 4 N–H and O–H groups in total. The van der Waals surface area contributed by atoms with Crippen molar-refractivity contribution < 1.29 is 20.1 Å². The molecule has 3 aromatic rings. The van der Waals surface area contributed by atoms with Crippen molar-refractivity contribution in [3.05, 3.63) is 87.5 Å². The van der Waals surface area contributed by atoms with E-state index in [4.69, 9.17) is 9.84 Å². The molecule has 1 aliphatic heterocycles. The Morgan fingerprint density at radius 1 is 1.03 bits per heavy atom. The van der Waals surface area contributed by atoms with Gasteiger partial charge in [0, 0.05) is 36.4 Å². The van der Waals surface area contributed by atoms with Crippen LogP contribution in [-0.2, 0) is 11.3 Å². The minimum Gasteiger partial charge on any atom is -0.396 e. The van der Waals surface area contributed by atoms with E-state index in [0.29, 0.717) is 5.69 Å². The molecule has 10 nitrogen and oxygen atoms in total. The van der Waals surface area contributed by atoms with Crippen molar-refractivity contribution in [1.29, 1.82) is 0 Å². The number of para-hydroxylation sites is 1. The first-order valence-corrected chi connectivity index (χ1v) is 10.2. The third-order valence-electron chi connectivity index (χ3n) is 5.32. The summed E-state index contributed by atoms with van der Waals surface area (Å²) < 4.78 is 7.64. The van der Waals surface area contributed by atoms with E-state index in [9.17, 15) is 19.8 Å². The first-order chi connectivity index (χ1) is 15.5. The van der Waals surface area contributed by atoms with E-state index in [1.807, 2.05) is 30.3 Å². The van der Waals surface area contributed by atoms with Crippen LogP contribution in [0.5, 0.6) is 0 Å². The Hall–Kier alpha value is -3.31. The number of hydrogen-bond donors (Lipinski definition) is 4. The van der Waals surface area contributed by atoms with Crippen LogP contribution in [0.15, 0.2) is 70.5 Å². The third kappa shape index (κ3) is 4.48. The monoisotopic (exact) mass is 440 g/mol. The van der Waals surface area contributed by atoms with Crippen molar-refractivity contribution in [3.8, 4) is 0 Å². The summed E-state index contributed by atoms with van der Waals surface area (Å²) in [6.45, 7) is -0.331. The fourth-order valence-corrected chi connectivity index (χ4v) is 3.69. The second-order valence-electron chi connectivity index (χ2n) is 7.52. The number of rotatable bonds is 7. The molecule has 0 saturated carbocycles. The van der Waals surface area contributed by atoms with Crippen molar-refractivity contribution in [2.45, 2.75) is 37.5 Å². The Bertz CT molecular complexity index is 1180. The van der Waals surface area contributed by atoms with Gasteiger partial charge in [0.2, 0.25) is 0 Å². The standard InChI is InChI=1S/C22H24N4O6/c27-11-8-17-19(29)20(30)21(32-17)25-10-7-18(28)26(22(25)31)13-16-12-15(6-9-23-16)24-14-4-2-1-3-5-14/h1-7,9-10,12,17,19-21,27,29-30H,8,11,13H2,(H,23,24). The lowest BCUT2D eigenvalue weighted by Crippen LogP contribution is -2.43. The van der Waals surface area contributed by atoms with Crippen molar-refractivity contribution >= 4 is 11.4 Å². The zero-order chi connectivity index (χ0) is 22.7. The van der Waals surface area contributed by atoms with Gasteiger partial charge in [-0.25, -0.2) is 4.79 Å². The van der Waals surface area contributed by atoms with E-state index in [1.165, 1.54) is 12.3 Å². The Kier molecular flexibility index (Phi) is 6.47. The number of nitrogens with zero attached hydrogens (tertiary/aromatic N) is 3. The normalized spacial score (nSPS) is 22.7. The third-order valence-corrected chi connectivity index (χ3v) is 5.32. The highest BCUT2D eigenvalue weighted by Gasteiger charge is 2.43. The molecule has 1 fully saturated rings. The largest absolute Gasteiger partial charge is 0.396 e. The van der Waals surface area contributed by atoms with Gasteiger partial charge in [-0.1, -0.05) is 18.2 Å². The first kappa shape index (κ1) is 21.9. The molecule has 0 bridgehead atoms. The summed E-state index contributed by atoms with van der Waals surface area (Å²) in [6.07, 6.45) is -1.74. The van der Waals surface area contributed by atoms with Crippen molar-refractivity contribution in [1.82, 2.24) is 14.1 Å². The molecule has 0 spiro atoms. The van der Waals surface area contributed by atoms with Crippen LogP contribution in [0.2, 0.25) is 0 Å². The van der Waals surface area contributed by atoms with Gasteiger partial charge < -0.3 is 25.4 Å². The molecular formula is C22H24N4O6. The van der Waals surface area contributed by atoms with Crippen LogP contribution in [0, 0.1) is 0 Å². The van der Waals surface area contributed by atoms with E-state index in [0.717, 1.165) is 20.5 Å². The van der Waals surface area contributed by atoms with E-state index in [2.05, 4.69) is 10.3 Å². The minimum absolute atomic E-state index is 0.0890. The second kappa shape index (κ2) is 9.45. The Balaban J connectivity index is 1.60. The average Bonchev–Trinajstić information content (AvgIpc) is 3.06. The van der Waals surface area contributed by atoms with Gasteiger partial charge in [0.25, 0.3) is 5.56 Å². The lowest BCUT2D eigenvalue weighted by atomic mass is 10.1. The lowest BCUT2D eigenvalue weighted by Gasteiger charge is -2.18. The number of hydrogen-bond acceptors (Lipinski definition) is 8. The summed E-state index contributed by atoms with van der Waals surface area (Å²) in [7, 11) is 0. The molecular weight excluding hydrogens is 416 g/mol. The molecule has 1 aromatic carbocycles. The van der Waals surface area contributed by atoms with Crippen molar-refractivity contribution in [2.24, 2.45) is 0 Å². The summed E-state index contributed by atoms with van der Waals surface area (Å²) in [5.74, 6) is 0. The van der Waals surface area contributed by atoms with E-state index < -0.39 is 35.8 Å².